The van der Waals surface area contributed by atoms with Crippen molar-refractivity contribution in [1.29, 1.82) is 0 Å². The molecule has 8 nitrogen and oxygen atoms in total. The van der Waals surface area contributed by atoms with Crippen LogP contribution in [0.3, 0.4) is 0 Å². The molecule has 0 radical (unpaired) electrons. The Morgan fingerprint density at radius 1 is 1.03 bits per heavy atom. The molecule has 2 fully saturated rings. The van der Waals surface area contributed by atoms with E-state index in [1.165, 1.54) is 0 Å². The van der Waals surface area contributed by atoms with E-state index in [9.17, 15) is 18.0 Å². The quantitative estimate of drug-likeness (QED) is 0.532. The highest BCUT2D eigenvalue weighted by atomic mass is 32.2. The molecule has 2 aliphatic rings. The number of carbonyl (C=O) groups excluding carboxylic acids is 1. The Labute approximate surface area is 184 Å². The summed E-state index contributed by atoms with van der Waals surface area (Å²) in [5, 5.41) is 9.23. The molecular formula is C23H22N4O4S. The van der Waals surface area contributed by atoms with Gasteiger partial charge in [-0.25, -0.2) is 8.42 Å². The van der Waals surface area contributed by atoms with Gasteiger partial charge in [-0.3, -0.25) is 14.7 Å². The van der Waals surface area contributed by atoms with Crippen molar-refractivity contribution in [2.24, 2.45) is 0 Å². The first-order chi connectivity index (χ1) is 15.4. The number of nitrogens with zero attached hydrogens (tertiary/aromatic N) is 1. The number of rotatable bonds is 6. The van der Waals surface area contributed by atoms with Crippen LogP contribution in [-0.2, 0) is 14.6 Å². The fraction of sp³-hybridized carbons (Fsp3) is 0.261. The lowest BCUT2D eigenvalue weighted by atomic mass is 9.98. The highest BCUT2D eigenvalue weighted by molar-refractivity contribution is 7.92. The highest BCUT2D eigenvalue weighted by Crippen LogP contribution is 2.34. The van der Waals surface area contributed by atoms with Crippen LogP contribution < -0.4 is 10.9 Å². The van der Waals surface area contributed by atoms with Crippen molar-refractivity contribution in [3.63, 3.8) is 0 Å². The van der Waals surface area contributed by atoms with Crippen LogP contribution in [0.4, 0.5) is 0 Å². The molecule has 1 aliphatic carbocycles. The largest absolute Gasteiger partial charge is 0.350 e. The van der Waals surface area contributed by atoms with Gasteiger partial charge in [0, 0.05) is 35.5 Å². The number of aromatic amines is 2. The molecule has 3 N–H and O–H groups in total. The molecule has 2 aromatic heterocycles. The van der Waals surface area contributed by atoms with E-state index in [1.807, 2.05) is 6.08 Å². The van der Waals surface area contributed by atoms with E-state index >= 15 is 0 Å². The smallest absolute Gasteiger partial charge is 0.256 e. The van der Waals surface area contributed by atoms with Gasteiger partial charge in [-0.1, -0.05) is 18.2 Å². The minimum absolute atomic E-state index is 0.0136. The Morgan fingerprint density at radius 3 is 2.41 bits per heavy atom. The molecule has 0 unspecified atom stereocenters. The van der Waals surface area contributed by atoms with Crippen LogP contribution >= 0.6 is 0 Å². The van der Waals surface area contributed by atoms with E-state index in [1.54, 1.807) is 48.8 Å². The average molecular weight is 451 g/mol. The first-order valence-corrected chi connectivity index (χ1v) is 12.0. The summed E-state index contributed by atoms with van der Waals surface area (Å²) in [6.45, 7) is 0. The monoisotopic (exact) mass is 450 g/mol. The number of hydrogen-bond donors (Lipinski definition) is 3. The van der Waals surface area contributed by atoms with E-state index < -0.39 is 9.84 Å². The second-order valence-electron chi connectivity index (χ2n) is 8.16. The van der Waals surface area contributed by atoms with E-state index in [0.29, 0.717) is 47.4 Å². The first-order valence-electron chi connectivity index (χ1n) is 10.5. The number of carbonyl (C=O) groups is 1. The summed E-state index contributed by atoms with van der Waals surface area (Å²) >= 11 is 0. The van der Waals surface area contributed by atoms with Gasteiger partial charge in [0.05, 0.1) is 21.9 Å². The number of amides is 1. The maximum absolute atomic E-state index is 12.8. The van der Waals surface area contributed by atoms with Crippen LogP contribution in [0.15, 0.2) is 64.6 Å². The Hall–Kier alpha value is -3.46. The summed E-state index contributed by atoms with van der Waals surface area (Å²) in [7, 11) is -3.28. The van der Waals surface area contributed by atoms with Crippen LogP contribution in [0.25, 0.3) is 16.7 Å². The van der Waals surface area contributed by atoms with Crippen molar-refractivity contribution in [3.8, 4) is 11.1 Å². The lowest BCUT2D eigenvalue weighted by Gasteiger charge is -2.13. The molecule has 0 spiro atoms. The zero-order valence-corrected chi connectivity index (χ0v) is 18.0. The van der Waals surface area contributed by atoms with Gasteiger partial charge >= 0.3 is 0 Å². The molecule has 3 heterocycles. The Balaban J connectivity index is 1.54. The van der Waals surface area contributed by atoms with Crippen molar-refractivity contribution in [3.05, 3.63) is 76.5 Å². The molecule has 1 saturated carbocycles. The first kappa shape index (κ1) is 20.4. The Kier molecular flexibility index (Phi) is 5.05. The van der Waals surface area contributed by atoms with E-state index in [0.717, 1.165) is 11.1 Å². The molecule has 3 aromatic rings. The lowest BCUT2D eigenvalue weighted by molar-refractivity contribution is -0.119. The molecule has 5 rings (SSSR count). The number of nitrogens with one attached hydrogen (secondary N) is 3. The molecule has 1 atom stereocenters. The van der Waals surface area contributed by atoms with E-state index in [4.69, 9.17) is 0 Å². The number of H-pyrrole nitrogens is 2. The molecule has 32 heavy (non-hydrogen) atoms. The van der Waals surface area contributed by atoms with Gasteiger partial charge in [-0.05, 0) is 49.1 Å². The van der Waals surface area contributed by atoms with Gasteiger partial charge in [0.15, 0.2) is 9.84 Å². The van der Waals surface area contributed by atoms with Crippen LogP contribution in [-0.4, -0.2) is 40.8 Å². The maximum atomic E-state index is 12.8. The van der Waals surface area contributed by atoms with Crippen molar-refractivity contribution < 1.29 is 13.2 Å². The topological polar surface area (TPSA) is 125 Å². The van der Waals surface area contributed by atoms with Gasteiger partial charge in [0.25, 0.3) is 5.56 Å². The predicted molar refractivity (Wildman–Crippen MR) is 120 cm³/mol. The molecule has 9 heteroatoms. The lowest BCUT2D eigenvalue weighted by Crippen LogP contribution is -2.23. The predicted octanol–water partition coefficient (Wildman–Crippen LogP) is 2.41. The van der Waals surface area contributed by atoms with Crippen molar-refractivity contribution in [2.45, 2.75) is 41.9 Å². The minimum Gasteiger partial charge on any atom is -0.350 e. The maximum Gasteiger partial charge on any atom is 0.256 e. The van der Waals surface area contributed by atoms with Crippen LogP contribution in [0.1, 0.15) is 36.9 Å². The van der Waals surface area contributed by atoms with Crippen LogP contribution in [0.2, 0.25) is 0 Å². The molecule has 1 aromatic carbocycles. The summed E-state index contributed by atoms with van der Waals surface area (Å²) in [6, 6.07) is 10.1. The Bertz CT molecular complexity index is 1350. The second-order valence-corrected chi connectivity index (χ2v) is 10.4. The molecule has 1 aliphatic heterocycles. The van der Waals surface area contributed by atoms with Gasteiger partial charge in [0.1, 0.15) is 0 Å². The highest BCUT2D eigenvalue weighted by Gasteiger charge is 2.36. The van der Waals surface area contributed by atoms with Gasteiger partial charge in [-0.15, -0.1) is 0 Å². The fourth-order valence-corrected chi connectivity index (χ4v) is 5.61. The molecule has 1 saturated heterocycles. The molecule has 0 bridgehead atoms. The minimum atomic E-state index is -3.28. The van der Waals surface area contributed by atoms with Crippen molar-refractivity contribution >= 4 is 21.3 Å². The SMILES string of the molecule is O=C1CC[C@H](/C=C(/c2ccc(S(=O)(=O)C3CC3)cc2)c2ccc(-c3cn[nH]c3)c(=O)[nH]2)N1. The summed E-state index contributed by atoms with van der Waals surface area (Å²) in [5.74, 6) is -0.0136. The van der Waals surface area contributed by atoms with E-state index in [-0.39, 0.29) is 22.8 Å². The number of aromatic nitrogens is 3. The number of hydrogen-bond acceptors (Lipinski definition) is 5. The summed E-state index contributed by atoms with van der Waals surface area (Å²) in [5.41, 5.74) is 2.97. The summed E-state index contributed by atoms with van der Waals surface area (Å²) < 4.78 is 25.1. The summed E-state index contributed by atoms with van der Waals surface area (Å²) in [4.78, 5) is 27.7. The van der Waals surface area contributed by atoms with Gasteiger partial charge in [0.2, 0.25) is 5.91 Å². The van der Waals surface area contributed by atoms with Crippen LogP contribution in [0, 0.1) is 0 Å². The second kappa shape index (κ2) is 7.90. The normalized spacial score (nSPS) is 19.2. The zero-order chi connectivity index (χ0) is 22.3. The van der Waals surface area contributed by atoms with E-state index in [2.05, 4.69) is 20.5 Å². The molecular weight excluding hydrogens is 428 g/mol. The third kappa shape index (κ3) is 3.91. The zero-order valence-electron chi connectivity index (χ0n) is 17.2. The average Bonchev–Trinajstić information content (AvgIpc) is 3.37. The van der Waals surface area contributed by atoms with Gasteiger partial charge in [-0.2, -0.15) is 5.10 Å². The van der Waals surface area contributed by atoms with Crippen molar-refractivity contribution in [2.75, 3.05) is 0 Å². The number of pyridine rings is 1. The van der Waals surface area contributed by atoms with Gasteiger partial charge < -0.3 is 10.3 Å². The molecule has 1 amide bonds. The molecule has 164 valence electrons. The Morgan fingerprint density at radius 2 is 1.81 bits per heavy atom. The number of benzene rings is 1. The fourth-order valence-electron chi connectivity index (χ4n) is 3.96. The third-order valence-electron chi connectivity index (χ3n) is 5.86. The number of sulfone groups is 1. The van der Waals surface area contributed by atoms with Crippen LogP contribution in [0.5, 0.6) is 0 Å². The van der Waals surface area contributed by atoms with Crippen molar-refractivity contribution in [1.82, 2.24) is 20.5 Å². The standard InChI is InChI=1S/C23H22N4O4S/c28-22-10-3-16(26-22)11-20(14-1-4-17(5-2-14)32(30,31)18-6-7-18)21-9-8-19(23(29)27-21)15-12-24-25-13-15/h1-2,4-5,8-9,11-13,16,18H,3,6-7,10H2,(H,24,25)(H,26,28)(H,27,29)/b20-11-/t16-/m1/s1. The third-order valence-corrected chi connectivity index (χ3v) is 8.14. The summed E-state index contributed by atoms with van der Waals surface area (Å²) in [6.07, 6.45) is 7.67.